The van der Waals surface area contributed by atoms with Gasteiger partial charge in [0.05, 0.1) is 33.4 Å². The molecule has 2 unspecified atom stereocenters. The van der Waals surface area contributed by atoms with Gasteiger partial charge in [-0.15, -0.1) is 0 Å². The van der Waals surface area contributed by atoms with Gasteiger partial charge in [-0.2, -0.15) is 29.8 Å². The summed E-state index contributed by atoms with van der Waals surface area (Å²) in [5.41, 5.74) is 3.40. The minimum atomic E-state index is -4.32. The number of hydrogen-bond acceptors (Lipinski definition) is 5. The highest BCUT2D eigenvalue weighted by Crippen LogP contribution is 2.37. The van der Waals surface area contributed by atoms with Crippen LogP contribution in [0.1, 0.15) is 36.6 Å². The van der Waals surface area contributed by atoms with E-state index in [1.165, 1.54) is 17.4 Å². The molecule has 0 aliphatic carbocycles. The van der Waals surface area contributed by atoms with E-state index in [1.54, 1.807) is 19.2 Å². The predicted octanol–water partition coefficient (Wildman–Crippen LogP) is 6.77. The highest BCUT2D eigenvalue weighted by Gasteiger charge is 2.36. The Balaban J connectivity index is 1.76. The lowest BCUT2D eigenvalue weighted by Crippen LogP contribution is -2.37. The van der Waals surface area contributed by atoms with Gasteiger partial charge in [0.25, 0.3) is 0 Å². The molecule has 33 heavy (non-hydrogen) atoms. The highest BCUT2D eigenvalue weighted by molar-refractivity contribution is 7.98. The number of nitrogens with zero attached hydrogens (tertiary/aromatic N) is 3. The number of thiophene rings is 1. The number of alkyl halides is 3. The molecule has 0 fully saturated rings. The molecule has 3 aromatic rings. The fraction of sp³-hybridized carbons (Fsp3) is 0.304. The van der Waals surface area contributed by atoms with Gasteiger partial charge in [0.2, 0.25) is 0 Å². The van der Waals surface area contributed by atoms with Crippen LogP contribution < -0.4 is 4.72 Å². The summed E-state index contributed by atoms with van der Waals surface area (Å²) >= 11 is 2.49. The largest absolute Gasteiger partial charge is 0.404 e. The van der Waals surface area contributed by atoms with Crippen molar-refractivity contribution in [3.05, 3.63) is 57.7 Å². The molecular formula is C23H20F4N4S2. The zero-order valence-electron chi connectivity index (χ0n) is 17.8. The van der Waals surface area contributed by atoms with Crippen molar-refractivity contribution in [2.45, 2.75) is 44.2 Å². The Morgan fingerprint density at radius 3 is 2.82 bits per heavy atom. The molecule has 0 saturated heterocycles. The molecule has 4 nitrogen and oxygen atoms in total. The van der Waals surface area contributed by atoms with E-state index in [0.29, 0.717) is 46.3 Å². The van der Waals surface area contributed by atoms with Crippen LogP contribution in [0.25, 0.3) is 22.3 Å². The molecule has 0 radical (unpaired) electrons. The van der Waals surface area contributed by atoms with Crippen LogP contribution in [0.5, 0.6) is 0 Å². The molecule has 0 amide bonds. The van der Waals surface area contributed by atoms with E-state index in [0.717, 1.165) is 24.6 Å². The number of nitrogens with one attached hydrogen (secondary N) is 1. The molecule has 0 bridgehead atoms. The molecule has 10 heteroatoms. The number of fused-ring (bicyclic) bond motifs is 1. The molecular weight excluding hydrogens is 472 g/mol. The van der Waals surface area contributed by atoms with Gasteiger partial charge in [-0.25, -0.2) is 4.39 Å². The lowest BCUT2D eigenvalue weighted by molar-refractivity contribution is -0.146. The molecule has 4 rings (SSSR count). The van der Waals surface area contributed by atoms with Gasteiger partial charge in [-0.05, 0) is 55.8 Å². The summed E-state index contributed by atoms with van der Waals surface area (Å²) in [4.78, 5) is 4.57. The Hall–Kier alpha value is -2.61. The second kappa shape index (κ2) is 9.33. The average molecular weight is 493 g/mol. The summed E-state index contributed by atoms with van der Waals surface area (Å²) in [6.45, 7) is 2.75. The lowest BCUT2D eigenvalue weighted by atomic mass is 10.1. The van der Waals surface area contributed by atoms with Crippen LogP contribution in [0.3, 0.4) is 0 Å². The lowest BCUT2D eigenvalue weighted by Gasteiger charge is -2.18. The van der Waals surface area contributed by atoms with Crippen LogP contribution in [0.15, 0.2) is 40.0 Å². The van der Waals surface area contributed by atoms with Gasteiger partial charge >= 0.3 is 6.18 Å². The number of rotatable bonds is 5. The van der Waals surface area contributed by atoms with Crippen molar-refractivity contribution in [3.63, 3.8) is 0 Å². The molecule has 1 aliphatic rings. The summed E-state index contributed by atoms with van der Waals surface area (Å²) in [5.74, 6) is -0.396. The second-order valence-corrected chi connectivity index (χ2v) is 9.61. The molecule has 3 heterocycles. The number of benzene rings is 1. The van der Waals surface area contributed by atoms with Crippen molar-refractivity contribution >= 4 is 46.1 Å². The molecule has 172 valence electrons. The first-order chi connectivity index (χ1) is 15.7. The fourth-order valence-corrected chi connectivity index (χ4v) is 5.11. The van der Waals surface area contributed by atoms with E-state index in [4.69, 9.17) is 0 Å². The molecule has 2 atom stereocenters. The van der Waals surface area contributed by atoms with E-state index >= 15 is 0 Å². The summed E-state index contributed by atoms with van der Waals surface area (Å²) in [5, 5.41) is 14.1. The van der Waals surface area contributed by atoms with Crippen LogP contribution in [-0.2, 0) is 0 Å². The fourth-order valence-electron chi connectivity index (χ4n) is 3.60. The maximum absolute atomic E-state index is 14.4. The van der Waals surface area contributed by atoms with E-state index in [9.17, 15) is 22.8 Å². The number of halogens is 4. The van der Waals surface area contributed by atoms with Gasteiger partial charge in [-0.3, -0.25) is 9.71 Å². The molecule has 1 N–H and O–H groups in total. The quantitative estimate of drug-likeness (QED) is 0.316. The van der Waals surface area contributed by atoms with E-state index in [-0.39, 0.29) is 5.25 Å². The molecule has 0 saturated carbocycles. The number of aliphatic imine (C=N–C) groups is 1. The zero-order chi connectivity index (χ0) is 23.8. The molecule has 0 spiro atoms. The van der Waals surface area contributed by atoms with Crippen LogP contribution in [0.4, 0.5) is 17.6 Å². The van der Waals surface area contributed by atoms with Crippen molar-refractivity contribution in [1.82, 2.24) is 9.29 Å². The average Bonchev–Trinajstić information content (AvgIpc) is 3.31. The Kier molecular flexibility index (Phi) is 6.66. The number of nitriles is 1. The Bertz CT molecular complexity index is 1270. The third-order valence-electron chi connectivity index (χ3n) is 5.42. The van der Waals surface area contributed by atoms with Crippen LogP contribution in [0, 0.1) is 24.1 Å². The maximum Gasteiger partial charge on any atom is 0.404 e. The third kappa shape index (κ3) is 4.71. The van der Waals surface area contributed by atoms with E-state index in [2.05, 4.69) is 15.8 Å². The SMILES string of the molecule is Cc1cc2c(cc1F)c(C#N)c(C1=CCCC(SNC(C)C(F)(F)F)C=N1)n2-c1ccsc1. The van der Waals surface area contributed by atoms with Crippen LogP contribution in [-0.4, -0.2) is 28.2 Å². The van der Waals surface area contributed by atoms with Crippen molar-refractivity contribution in [1.29, 1.82) is 5.26 Å². The number of aryl methyl sites for hydroxylation is 1. The smallest absolute Gasteiger partial charge is 0.306 e. The van der Waals surface area contributed by atoms with E-state index in [1.807, 2.05) is 27.5 Å². The Morgan fingerprint density at radius 1 is 1.36 bits per heavy atom. The van der Waals surface area contributed by atoms with Gasteiger partial charge in [0, 0.05) is 17.0 Å². The maximum atomic E-state index is 14.4. The number of hydrogen-bond donors (Lipinski definition) is 1. The van der Waals surface area contributed by atoms with Crippen molar-refractivity contribution in [2.75, 3.05) is 0 Å². The van der Waals surface area contributed by atoms with Gasteiger partial charge in [0.1, 0.15) is 17.9 Å². The van der Waals surface area contributed by atoms with Crippen LogP contribution in [0.2, 0.25) is 0 Å². The first-order valence-electron chi connectivity index (χ1n) is 10.2. The predicted molar refractivity (Wildman–Crippen MR) is 126 cm³/mol. The van der Waals surface area contributed by atoms with E-state index < -0.39 is 18.0 Å². The van der Waals surface area contributed by atoms with Gasteiger partial charge < -0.3 is 4.57 Å². The Labute approximate surface area is 196 Å². The van der Waals surface area contributed by atoms with Crippen molar-refractivity contribution < 1.29 is 17.6 Å². The Morgan fingerprint density at radius 2 is 2.15 bits per heavy atom. The van der Waals surface area contributed by atoms with Gasteiger partial charge in [0.15, 0.2) is 0 Å². The summed E-state index contributed by atoms with van der Waals surface area (Å²) in [6.07, 6.45) is 0.324. The monoisotopic (exact) mass is 492 g/mol. The zero-order valence-corrected chi connectivity index (χ0v) is 19.4. The highest BCUT2D eigenvalue weighted by atomic mass is 32.2. The standard InChI is InChI=1S/C23H20F4N4S2/c1-13-8-21-17(9-19(13)24)18(10-28)22(31(21)15-6-7-32-12-15)20-5-3-4-16(11-29-20)33-30-14(2)23(25,26)27/h5-9,11-12,14,16,30H,3-4H2,1-2H3. The number of aromatic nitrogens is 1. The summed E-state index contributed by atoms with van der Waals surface area (Å²) in [6, 6.07) is 5.57. The molecule has 1 aromatic carbocycles. The minimum absolute atomic E-state index is 0.271. The van der Waals surface area contributed by atoms with Crippen molar-refractivity contribution in [2.24, 2.45) is 4.99 Å². The summed E-state index contributed by atoms with van der Waals surface area (Å²) in [7, 11) is 0. The topological polar surface area (TPSA) is 53.1 Å². The van der Waals surface area contributed by atoms with Crippen molar-refractivity contribution in [3.8, 4) is 11.8 Å². The second-order valence-electron chi connectivity index (χ2n) is 7.75. The third-order valence-corrected chi connectivity index (χ3v) is 7.24. The minimum Gasteiger partial charge on any atom is -0.306 e. The van der Waals surface area contributed by atoms with Crippen LogP contribution >= 0.6 is 23.3 Å². The van der Waals surface area contributed by atoms with Gasteiger partial charge in [-0.1, -0.05) is 18.0 Å². The first-order valence-corrected chi connectivity index (χ1v) is 12.0. The normalized spacial score (nSPS) is 17.6. The molecule has 1 aliphatic heterocycles. The summed E-state index contributed by atoms with van der Waals surface area (Å²) < 4.78 is 57.2. The first kappa shape index (κ1) is 23.5. The number of allylic oxidation sites excluding steroid dienone is 1. The molecule has 2 aromatic heterocycles.